The number of nitrogens with zero attached hydrogens (tertiary/aromatic N) is 3. The largest absolute Gasteiger partial charge is 0.490 e. The first kappa shape index (κ1) is 17.0. The van der Waals surface area contributed by atoms with E-state index in [2.05, 4.69) is 10.3 Å². The van der Waals surface area contributed by atoms with E-state index in [4.69, 9.17) is 4.74 Å². The number of non-ortho nitro benzene ring substituents is 1. The van der Waals surface area contributed by atoms with E-state index in [1.54, 1.807) is 6.07 Å². The maximum atomic E-state index is 11.8. The Bertz CT molecular complexity index is 969. The van der Waals surface area contributed by atoms with Crippen LogP contribution < -0.4 is 10.1 Å². The standard InChI is InChI=1S/C16H12N4O6/c1-26-14-5-2-9(6-13(14)20(24)25)16-11-7-10(19(22)23)3-4-12(11)18-15(21)8-17-16/h2-7H,8H2,1H3,(H,18,21). The number of nitro groups is 2. The number of benzodiazepines with no additional fused rings is 1. The minimum atomic E-state index is -0.600. The number of nitrogens with one attached hydrogen (secondary N) is 1. The minimum absolute atomic E-state index is 0.0708. The first-order valence-electron chi connectivity index (χ1n) is 7.36. The fourth-order valence-corrected chi connectivity index (χ4v) is 2.60. The Morgan fingerprint density at radius 2 is 1.88 bits per heavy atom. The molecule has 0 radical (unpaired) electrons. The summed E-state index contributed by atoms with van der Waals surface area (Å²) in [6.45, 7) is -0.211. The van der Waals surface area contributed by atoms with E-state index in [1.807, 2.05) is 0 Å². The molecular formula is C16H12N4O6. The lowest BCUT2D eigenvalue weighted by Gasteiger charge is -2.10. The summed E-state index contributed by atoms with van der Waals surface area (Å²) in [5, 5.41) is 24.9. The minimum Gasteiger partial charge on any atom is -0.490 e. The monoisotopic (exact) mass is 356 g/mol. The topological polar surface area (TPSA) is 137 Å². The number of fused-ring (bicyclic) bond motifs is 1. The molecule has 0 unspecified atom stereocenters. The van der Waals surface area contributed by atoms with E-state index in [0.29, 0.717) is 16.8 Å². The zero-order valence-corrected chi connectivity index (χ0v) is 13.5. The Hall–Kier alpha value is -3.82. The Morgan fingerprint density at radius 1 is 1.12 bits per heavy atom. The maximum Gasteiger partial charge on any atom is 0.311 e. The van der Waals surface area contributed by atoms with Crippen LogP contribution in [-0.2, 0) is 4.79 Å². The number of aliphatic imine (C=N–C) groups is 1. The van der Waals surface area contributed by atoms with Gasteiger partial charge in [-0.05, 0) is 18.2 Å². The molecule has 1 heterocycles. The number of hydrogen-bond acceptors (Lipinski definition) is 7. The number of carbonyl (C=O) groups is 1. The van der Waals surface area contributed by atoms with Gasteiger partial charge in [-0.1, -0.05) is 0 Å². The van der Waals surface area contributed by atoms with Crippen molar-refractivity contribution in [2.45, 2.75) is 0 Å². The highest BCUT2D eigenvalue weighted by molar-refractivity contribution is 6.19. The van der Waals surface area contributed by atoms with Gasteiger partial charge in [0.05, 0.1) is 28.4 Å². The summed E-state index contributed by atoms with van der Waals surface area (Å²) >= 11 is 0. The van der Waals surface area contributed by atoms with Gasteiger partial charge in [-0.25, -0.2) is 0 Å². The van der Waals surface area contributed by atoms with E-state index in [9.17, 15) is 25.0 Å². The molecule has 2 aromatic rings. The normalized spacial score (nSPS) is 13.1. The summed E-state index contributed by atoms with van der Waals surface area (Å²) in [6.07, 6.45) is 0. The van der Waals surface area contributed by atoms with Crippen LogP contribution in [0.1, 0.15) is 11.1 Å². The van der Waals surface area contributed by atoms with Gasteiger partial charge in [0.15, 0.2) is 5.75 Å². The number of anilines is 1. The van der Waals surface area contributed by atoms with Gasteiger partial charge < -0.3 is 10.1 Å². The van der Waals surface area contributed by atoms with E-state index < -0.39 is 15.8 Å². The Kier molecular flexibility index (Phi) is 4.31. The Labute approximate surface area is 146 Å². The molecule has 26 heavy (non-hydrogen) atoms. The van der Waals surface area contributed by atoms with Crippen molar-refractivity contribution in [1.29, 1.82) is 0 Å². The van der Waals surface area contributed by atoms with E-state index in [1.165, 1.54) is 37.4 Å². The number of rotatable bonds is 4. The average molecular weight is 356 g/mol. The summed E-state index contributed by atoms with van der Waals surface area (Å²) < 4.78 is 4.97. The highest BCUT2D eigenvalue weighted by Gasteiger charge is 2.24. The molecule has 0 saturated carbocycles. The predicted molar refractivity (Wildman–Crippen MR) is 91.9 cm³/mol. The van der Waals surface area contributed by atoms with Crippen LogP contribution >= 0.6 is 0 Å². The highest BCUT2D eigenvalue weighted by atomic mass is 16.6. The summed E-state index contributed by atoms with van der Waals surface area (Å²) in [7, 11) is 1.31. The lowest BCUT2D eigenvalue weighted by molar-refractivity contribution is -0.385. The predicted octanol–water partition coefficient (Wildman–Crippen LogP) is 2.30. The summed E-state index contributed by atoms with van der Waals surface area (Å²) in [5.74, 6) is -0.320. The van der Waals surface area contributed by atoms with Gasteiger partial charge in [0.25, 0.3) is 5.69 Å². The van der Waals surface area contributed by atoms with Crippen molar-refractivity contribution in [3.63, 3.8) is 0 Å². The summed E-state index contributed by atoms with van der Waals surface area (Å²) in [5.41, 5.74) is 0.780. The fourth-order valence-electron chi connectivity index (χ4n) is 2.60. The maximum absolute atomic E-state index is 11.8. The first-order chi connectivity index (χ1) is 12.4. The van der Waals surface area contributed by atoms with Crippen molar-refractivity contribution in [3.8, 4) is 5.75 Å². The fraction of sp³-hybridized carbons (Fsp3) is 0.125. The van der Waals surface area contributed by atoms with Crippen LogP contribution in [0.25, 0.3) is 0 Å². The molecule has 1 amide bonds. The van der Waals surface area contributed by atoms with E-state index >= 15 is 0 Å². The molecule has 0 saturated heterocycles. The molecule has 0 aliphatic carbocycles. The van der Waals surface area contributed by atoms with Gasteiger partial charge >= 0.3 is 5.69 Å². The second kappa shape index (κ2) is 6.59. The first-order valence-corrected chi connectivity index (χ1v) is 7.36. The molecule has 0 aromatic heterocycles. The molecule has 1 N–H and O–H groups in total. The van der Waals surface area contributed by atoms with Crippen LogP contribution in [0.2, 0.25) is 0 Å². The van der Waals surface area contributed by atoms with Gasteiger partial charge in [-0.2, -0.15) is 0 Å². The van der Waals surface area contributed by atoms with Crippen molar-refractivity contribution in [1.82, 2.24) is 0 Å². The Morgan fingerprint density at radius 3 is 2.54 bits per heavy atom. The zero-order valence-electron chi connectivity index (χ0n) is 13.5. The van der Waals surface area contributed by atoms with Crippen molar-refractivity contribution < 1.29 is 19.4 Å². The van der Waals surface area contributed by atoms with Gasteiger partial charge in [0.1, 0.15) is 6.54 Å². The number of hydrogen-bond donors (Lipinski definition) is 1. The quantitative estimate of drug-likeness (QED) is 0.659. The van der Waals surface area contributed by atoms with Gasteiger partial charge in [0.2, 0.25) is 5.91 Å². The van der Waals surface area contributed by atoms with Crippen molar-refractivity contribution in [3.05, 3.63) is 67.8 Å². The third-order valence-corrected chi connectivity index (χ3v) is 3.77. The summed E-state index contributed by atoms with van der Waals surface area (Å²) in [6, 6.07) is 8.16. The van der Waals surface area contributed by atoms with Crippen LogP contribution in [0.3, 0.4) is 0 Å². The molecule has 0 bridgehead atoms. The van der Waals surface area contributed by atoms with Crippen LogP contribution in [0.5, 0.6) is 5.75 Å². The lowest BCUT2D eigenvalue weighted by Crippen LogP contribution is -2.13. The molecule has 132 valence electrons. The van der Waals surface area contributed by atoms with Crippen molar-refractivity contribution in [2.75, 3.05) is 19.0 Å². The molecule has 0 spiro atoms. The number of ether oxygens (including phenoxy) is 1. The van der Waals surface area contributed by atoms with Crippen LogP contribution in [0.15, 0.2) is 41.4 Å². The molecule has 1 aliphatic heterocycles. The van der Waals surface area contributed by atoms with E-state index in [-0.39, 0.29) is 29.4 Å². The zero-order chi connectivity index (χ0) is 18.8. The van der Waals surface area contributed by atoms with Crippen LogP contribution in [0.4, 0.5) is 17.1 Å². The number of amides is 1. The van der Waals surface area contributed by atoms with Crippen molar-refractivity contribution in [2.24, 2.45) is 4.99 Å². The lowest BCUT2D eigenvalue weighted by atomic mass is 9.99. The molecule has 10 heteroatoms. The van der Waals surface area contributed by atoms with Crippen LogP contribution in [0, 0.1) is 20.2 Å². The molecule has 0 fully saturated rings. The van der Waals surface area contributed by atoms with Gasteiger partial charge in [0, 0.05) is 29.3 Å². The number of nitro benzene ring substituents is 2. The molecule has 10 nitrogen and oxygen atoms in total. The SMILES string of the molecule is COc1ccc(C2=NCC(=O)Nc3ccc([N+](=O)[O-])cc32)cc1[N+](=O)[O-]. The number of benzene rings is 2. The van der Waals surface area contributed by atoms with Gasteiger partial charge in [-0.3, -0.25) is 30.0 Å². The van der Waals surface area contributed by atoms with Crippen LogP contribution in [-0.4, -0.2) is 35.1 Å². The highest BCUT2D eigenvalue weighted by Crippen LogP contribution is 2.31. The molecule has 0 atom stereocenters. The second-order valence-corrected chi connectivity index (χ2v) is 5.34. The smallest absolute Gasteiger partial charge is 0.311 e. The second-order valence-electron chi connectivity index (χ2n) is 5.34. The Balaban J connectivity index is 2.21. The van der Waals surface area contributed by atoms with Gasteiger partial charge in [-0.15, -0.1) is 0 Å². The third kappa shape index (κ3) is 3.07. The molecule has 2 aromatic carbocycles. The van der Waals surface area contributed by atoms with E-state index in [0.717, 1.165) is 0 Å². The molecule has 3 rings (SSSR count). The number of methoxy groups -OCH3 is 1. The van der Waals surface area contributed by atoms with Crippen molar-refractivity contribution >= 4 is 28.7 Å². The summed E-state index contributed by atoms with van der Waals surface area (Å²) in [4.78, 5) is 37.2. The molecule has 1 aliphatic rings. The number of carbonyl (C=O) groups excluding carboxylic acids is 1. The molecular weight excluding hydrogens is 344 g/mol. The average Bonchev–Trinajstić information content (AvgIpc) is 2.78. The third-order valence-electron chi connectivity index (χ3n) is 3.77.